The van der Waals surface area contributed by atoms with Crippen LogP contribution in [-0.2, 0) is 10.0 Å². The van der Waals surface area contributed by atoms with Crippen LogP contribution in [0.3, 0.4) is 0 Å². The van der Waals surface area contributed by atoms with E-state index in [1.54, 1.807) is 38.1 Å². The largest absolute Gasteiger partial charge is 0.397 e. The lowest BCUT2D eigenvalue weighted by molar-refractivity contribution is 0.601. The number of nitrogen functional groups attached to an aromatic ring is 1. The van der Waals surface area contributed by atoms with Crippen LogP contribution in [0.5, 0.6) is 0 Å². The number of anilines is 2. The Hall–Kier alpha value is -1.24. The predicted octanol–water partition coefficient (Wildman–Crippen LogP) is 4.10. The average Bonchev–Trinajstić information content (AvgIpc) is 2.38. The molecule has 0 aliphatic carbocycles. The highest BCUT2D eigenvalue weighted by Gasteiger charge is 2.21. The minimum absolute atomic E-state index is 0.0986. The maximum atomic E-state index is 12.5. The molecule has 4 nitrogen and oxygen atoms in total. The molecule has 21 heavy (non-hydrogen) atoms. The van der Waals surface area contributed by atoms with Gasteiger partial charge in [0.25, 0.3) is 10.0 Å². The molecule has 0 atom stereocenters. The number of aryl methyl sites for hydroxylation is 2. The first kappa shape index (κ1) is 16.1. The van der Waals surface area contributed by atoms with Crippen LogP contribution in [0.15, 0.2) is 39.7 Å². The van der Waals surface area contributed by atoms with Crippen molar-refractivity contribution in [3.05, 3.63) is 51.0 Å². The quantitative estimate of drug-likeness (QED) is 0.776. The molecule has 2 aromatic carbocycles. The summed E-state index contributed by atoms with van der Waals surface area (Å²) in [4.78, 5) is 0.0986. The van der Waals surface area contributed by atoms with Gasteiger partial charge in [0.15, 0.2) is 0 Å². The first-order valence-electron chi connectivity index (χ1n) is 6.06. The van der Waals surface area contributed by atoms with E-state index in [0.717, 1.165) is 5.56 Å². The zero-order valence-electron chi connectivity index (χ0n) is 11.4. The molecule has 0 aromatic heterocycles. The maximum Gasteiger partial charge on any atom is 0.264 e. The predicted molar refractivity (Wildman–Crippen MR) is 90.3 cm³/mol. The Bertz CT molecular complexity index is 807. The molecule has 0 radical (unpaired) electrons. The number of rotatable bonds is 3. The molecule has 0 heterocycles. The normalized spacial score (nSPS) is 11.4. The lowest BCUT2D eigenvalue weighted by Gasteiger charge is -2.14. The van der Waals surface area contributed by atoms with Crippen molar-refractivity contribution in [2.24, 2.45) is 0 Å². The second kappa shape index (κ2) is 5.87. The van der Waals surface area contributed by atoms with Crippen molar-refractivity contribution in [3.63, 3.8) is 0 Å². The highest BCUT2D eigenvalue weighted by atomic mass is 79.9. The molecule has 2 aromatic rings. The summed E-state index contributed by atoms with van der Waals surface area (Å²) in [6.07, 6.45) is 0. The van der Waals surface area contributed by atoms with E-state index in [1.807, 2.05) is 0 Å². The highest BCUT2D eigenvalue weighted by Crippen LogP contribution is 2.30. The molecular weight excluding hydrogens is 376 g/mol. The molecule has 0 spiro atoms. The smallest absolute Gasteiger partial charge is 0.264 e. The first-order chi connectivity index (χ1) is 9.72. The van der Waals surface area contributed by atoms with Gasteiger partial charge in [-0.2, -0.15) is 0 Å². The summed E-state index contributed by atoms with van der Waals surface area (Å²) in [7, 11) is -3.78. The summed E-state index contributed by atoms with van der Waals surface area (Å²) < 4.78 is 28.3. The van der Waals surface area contributed by atoms with Gasteiger partial charge >= 0.3 is 0 Å². The third kappa shape index (κ3) is 3.33. The van der Waals surface area contributed by atoms with Crippen LogP contribution in [0.2, 0.25) is 5.02 Å². The summed E-state index contributed by atoms with van der Waals surface area (Å²) in [6.45, 7) is 3.48. The molecule has 0 aliphatic heterocycles. The molecule has 0 bridgehead atoms. The summed E-state index contributed by atoms with van der Waals surface area (Å²) in [6, 6.07) is 8.35. The number of nitrogens with one attached hydrogen (secondary N) is 1. The molecule has 0 amide bonds. The van der Waals surface area contributed by atoms with Crippen LogP contribution in [0.25, 0.3) is 0 Å². The van der Waals surface area contributed by atoms with Crippen molar-refractivity contribution in [2.45, 2.75) is 18.7 Å². The third-order valence-electron chi connectivity index (χ3n) is 3.05. The van der Waals surface area contributed by atoms with E-state index < -0.39 is 10.0 Å². The van der Waals surface area contributed by atoms with Gasteiger partial charge in [-0.05, 0) is 59.1 Å². The van der Waals surface area contributed by atoms with Gasteiger partial charge in [0, 0.05) is 4.47 Å². The van der Waals surface area contributed by atoms with Gasteiger partial charge in [0.1, 0.15) is 4.90 Å². The molecule has 0 saturated carbocycles. The number of sulfonamides is 1. The molecule has 0 unspecified atom stereocenters. The summed E-state index contributed by atoms with van der Waals surface area (Å²) in [5.74, 6) is 0. The van der Waals surface area contributed by atoms with Gasteiger partial charge in [0.2, 0.25) is 0 Å². The van der Waals surface area contributed by atoms with Gasteiger partial charge in [-0.3, -0.25) is 4.72 Å². The van der Waals surface area contributed by atoms with E-state index in [-0.39, 0.29) is 10.6 Å². The van der Waals surface area contributed by atoms with Gasteiger partial charge < -0.3 is 5.73 Å². The topological polar surface area (TPSA) is 72.2 Å². The number of benzene rings is 2. The molecule has 2 rings (SSSR count). The van der Waals surface area contributed by atoms with Crippen LogP contribution in [0.4, 0.5) is 11.4 Å². The van der Waals surface area contributed by atoms with Crippen LogP contribution >= 0.6 is 27.5 Å². The van der Waals surface area contributed by atoms with Crippen LogP contribution < -0.4 is 10.5 Å². The lowest BCUT2D eigenvalue weighted by Crippen LogP contribution is -2.16. The van der Waals surface area contributed by atoms with Gasteiger partial charge in [0.05, 0.1) is 16.4 Å². The Morgan fingerprint density at radius 1 is 1.14 bits per heavy atom. The molecule has 112 valence electrons. The molecule has 0 saturated heterocycles. The number of hydrogen-bond acceptors (Lipinski definition) is 3. The number of nitrogens with two attached hydrogens (primary N) is 1. The molecule has 0 fully saturated rings. The second-order valence-electron chi connectivity index (χ2n) is 4.68. The molecule has 0 aliphatic rings. The van der Waals surface area contributed by atoms with Crippen molar-refractivity contribution < 1.29 is 8.42 Å². The summed E-state index contributed by atoms with van der Waals surface area (Å²) >= 11 is 9.23. The minimum Gasteiger partial charge on any atom is -0.397 e. The minimum atomic E-state index is -3.78. The molecular formula is C14H14BrClN2O2S. The van der Waals surface area contributed by atoms with E-state index in [2.05, 4.69) is 20.7 Å². The summed E-state index contributed by atoms with van der Waals surface area (Å²) in [5.41, 5.74) is 7.87. The van der Waals surface area contributed by atoms with Gasteiger partial charge in [-0.25, -0.2) is 8.42 Å². The second-order valence-corrected chi connectivity index (χ2v) is 7.56. The summed E-state index contributed by atoms with van der Waals surface area (Å²) in [5, 5.41) is 0.420. The van der Waals surface area contributed by atoms with E-state index in [4.69, 9.17) is 17.3 Å². The fourth-order valence-corrected chi connectivity index (χ4v) is 3.84. The van der Waals surface area contributed by atoms with Gasteiger partial charge in [-0.1, -0.05) is 23.7 Å². The molecule has 3 N–H and O–H groups in total. The van der Waals surface area contributed by atoms with Crippen molar-refractivity contribution in [3.8, 4) is 0 Å². The van der Waals surface area contributed by atoms with Crippen LogP contribution in [0.1, 0.15) is 11.1 Å². The molecule has 7 heteroatoms. The van der Waals surface area contributed by atoms with Crippen molar-refractivity contribution in [1.82, 2.24) is 0 Å². The zero-order valence-corrected chi connectivity index (χ0v) is 14.6. The Kier molecular flexibility index (Phi) is 4.51. The Labute approximate surface area is 137 Å². The van der Waals surface area contributed by atoms with Crippen LogP contribution in [-0.4, -0.2) is 8.42 Å². The fraction of sp³-hybridized carbons (Fsp3) is 0.143. The first-order valence-corrected chi connectivity index (χ1v) is 8.71. The number of hydrogen-bond donors (Lipinski definition) is 2. The number of halogens is 2. The van der Waals surface area contributed by atoms with E-state index in [1.165, 1.54) is 6.07 Å². The zero-order chi connectivity index (χ0) is 15.8. The van der Waals surface area contributed by atoms with Gasteiger partial charge in [-0.15, -0.1) is 0 Å². The standard InChI is InChI=1S/C14H14BrClN2O2S/c1-8-3-4-9(2)14(13(8)17)21(19,20)18-10-5-6-11(15)12(16)7-10/h3-7,18H,17H2,1-2H3. The maximum absolute atomic E-state index is 12.5. The Morgan fingerprint density at radius 2 is 1.76 bits per heavy atom. The third-order valence-corrected chi connectivity index (χ3v) is 5.87. The monoisotopic (exact) mass is 388 g/mol. The van der Waals surface area contributed by atoms with Crippen molar-refractivity contribution in [1.29, 1.82) is 0 Å². The lowest BCUT2D eigenvalue weighted by atomic mass is 10.1. The Balaban J connectivity index is 2.48. The van der Waals surface area contributed by atoms with Crippen LogP contribution in [0, 0.1) is 13.8 Å². The van der Waals surface area contributed by atoms with E-state index >= 15 is 0 Å². The highest BCUT2D eigenvalue weighted by molar-refractivity contribution is 9.10. The van der Waals surface area contributed by atoms with E-state index in [9.17, 15) is 8.42 Å². The fourth-order valence-electron chi connectivity index (χ4n) is 1.93. The SMILES string of the molecule is Cc1ccc(C)c(S(=O)(=O)Nc2ccc(Br)c(Cl)c2)c1N. The average molecular weight is 390 g/mol. The van der Waals surface area contributed by atoms with Crippen molar-refractivity contribution in [2.75, 3.05) is 10.5 Å². The Morgan fingerprint density at radius 3 is 2.38 bits per heavy atom. The van der Waals surface area contributed by atoms with E-state index in [0.29, 0.717) is 20.7 Å². The van der Waals surface area contributed by atoms with Crippen molar-refractivity contribution >= 4 is 48.9 Å².